The maximum absolute atomic E-state index is 4.29. The van der Waals surface area contributed by atoms with Gasteiger partial charge in [0.15, 0.2) is 0 Å². The van der Waals surface area contributed by atoms with E-state index >= 15 is 0 Å². The summed E-state index contributed by atoms with van der Waals surface area (Å²) < 4.78 is 0. The van der Waals surface area contributed by atoms with Crippen molar-refractivity contribution in [2.45, 2.75) is 0 Å². The van der Waals surface area contributed by atoms with Crippen LogP contribution in [0.5, 0.6) is 0 Å². The van der Waals surface area contributed by atoms with Crippen LogP contribution in [0.1, 0.15) is 0 Å². The van der Waals surface area contributed by atoms with Gasteiger partial charge < -0.3 is 4.90 Å². The summed E-state index contributed by atoms with van der Waals surface area (Å²) in [5.74, 6) is 0.341. The molecule has 0 spiro atoms. The first-order chi connectivity index (χ1) is 8.25. The van der Waals surface area contributed by atoms with E-state index in [-0.39, 0.29) is 0 Å². The van der Waals surface area contributed by atoms with Crippen LogP contribution in [0.3, 0.4) is 0 Å². The predicted octanol–water partition coefficient (Wildman–Crippen LogP) is 1.15. The topological polar surface area (TPSA) is 67.2 Å². The van der Waals surface area contributed by atoms with Crippen molar-refractivity contribution < 1.29 is 0 Å². The van der Waals surface area contributed by atoms with Crippen molar-refractivity contribution in [1.82, 2.24) is 25.1 Å². The van der Waals surface area contributed by atoms with Crippen LogP contribution in [0.4, 0.5) is 5.95 Å². The zero-order valence-corrected chi connectivity index (χ0v) is 9.65. The average molecular weight is 228 g/mol. The fourth-order valence-electron chi connectivity index (χ4n) is 1.18. The molecule has 2 aromatic rings. The summed E-state index contributed by atoms with van der Waals surface area (Å²) >= 11 is 0. The molecule has 2 aromatic heterocycles. The number of aliphatic imine (C=N–C) groups is 1. The van der Waals surface area contributed by atoms with E-state index in [0.717, 1.165) is 11.3 Å². The molecule has 0 radical (unpaired) electrons. The first-order valence-corrected chi connectivity index (χ1v) is 5.06. The highest BCUT2D eigenvalue weighted by molar-refractivity contribution is 5.60. The van der Waals surface area contributed by atoms with E-state index < -0.39 is 0 Å². The summed E-state index contributed by atoms with van der Waals surface area (Å²) in [5, 5.41) is 7.71. The number of hydrogen-bond acceptors (Lipinski definition) is 5. The summed E-state index contributed by atoms with van der Waals surface area (Å²) in [4.78, 5) is 14.1. The van der Waals surface area contributed by atoms with Crippen molar-refractivity contribution in [2.75, 3.05) is 14.1 Å². The fraction of sp³-hybridized carbons (Fsp3) is 0.182. The second kappa shape index (κ2) is 5.11. The van der Waals surface area contributed by atoms with Gasteiger partial charge in [0, 0.05) is 32.1 Å². The highest BCUT2D eigenvalue weighted by atomic mass is 15.2. The van der Waals surface area contributed by atoms with Gasteiger partial charge in [0.25, 0.3) is 5.95 Å². The van der Waals surface area contributed by atoms with Gasteiger partial charge in [-0.1, -0.05) is 0 Å². The quantitative estimate of drug-likeness (QED) is 0.582. The molecule has 2 rings (SSSR count). The number of aromatic nitrogens is 4. The summed E-state index contributed by atoms with van der Waals surface area (Å²) in [6.07, 6.45) is 6.65. The Hall–Kier alpha value is -2.37. The predicted molar refractivity (Wildman–Crippen MR) is 64.9 cm³/mol. The molecule has 0 aliphatic carbocycles. The lowest BCUT2D eigenvalue weighted by atomic mass is 10.2. The first-order valence-electron chi connectivity index (χ1n) is 5.06. The van der Waals surface area contributed by atoms with Crippen LogP contribution >= 0.6 is 0 Å². The van der Waals surface area contributed by atoms with Gasteiger partial charge in [0.05, 0.1) is 18.2 Å². The molecular formula is C11H12N6. The Labute approximate surface area is 99.1 Å². The molecule has 86 valence electrons. The lowest BCUT2D eigenvalue weighted by Crippen LogP contribution is -2.07. The minimum atomic E-state index is 0.341. The highest BCUT2D eigenvalue weighted by Gasteiger charge is 2.01. The molecule has 0 amide bonds. The SMILES string of the molecule is CN(C)C=Nc1nncc(-c2ccncc2)n1. The standard InChI is InChI=1S/C11H12N6/c1-17(2)8-13-11-15-10(7-14-16-11)9-3-5-12-6-4-9/h3-8H,1-2H3. The molecule has 0 atom stereocenters. The Bertz CT molecular complexity index is 508. The minimum absolute atomic E-state index is 0.341. The number of rotatable bonds is 3. The van der Waals surface area contributed by atoms with Gasteiger partial charge in [0.1, 0.15) is 0 Å². The summed E-state index contributed by atoms with van der Waals surface area (Å²) in [6.45, 7) is 0. The number of hydrogen-bond donors (Lipinski definition) is 0. The zero-order valence-electron chi connectivity index (χ0n) is 9.65. The molecule has 2 heterocycles. The first kappa shape index (κ1) is 11.1. The average Bonchev–Trinajstić information content (AvgIpc) is 2.38. The third kappa shape index (κ3) is 3.04. The number of pyridine rings is 1. The summed E-state index contributed by atoms with van der Waals surface area (Å²) in [6, 6.07) is 3.73. The van der Waals surface area contributed by atoms with E-state index in [9.17, 15) is 0 Å². The molecular weight excluding hydrogens is 216 g/mol. The third-order valence-corrected chi connectivity index (χ3v) is 1.93. The van der Waals surface area contributed by atoms with E-state index in [1.54, 1.807) is 24.9 Å². The minimum Gasteiger partial charge on any atom is -0.369 e. The van der Waals surface area contributed by atoms with Crippen LogP contribution in [-0.2, 0) is 0 Å². The molecule has 0 aliphatic rings. The lowest BCUT2D eigenvalue weighted by molar-refractivity contribution is 0.642. The zero-order chi connectivity index (χ0) is 12.1. The molecule has 6 heteroatoms. The van der Waals surface area contributed by atoms with Crippen molar-refractivity contribution in [2.24, 2.45) is 4.99 Å². The van der Waals surface area contributed by atoms with Crippen LogP contribution in [-0.4, -0.2) is 45.5 Å². The Morgan fingerprint density at radius 3 is 2.71 bits per heavy atom. The maximum atomic E-state index is 4.29. The van der Waals surface area contributed by atoms with Crippen molar-refractivity contribution in [3.8, 4) is 11.3 Å². The fourth-order valence-corrected chi connectivity index (χ4v) is 1.18. The Morgan fingerprint density at radius 2 is 2.00 bits per heavy atom. The highest BCUT2D eigenvalue weighted by Crippen LogP contribution is 2.15. The molecule has 17 heavy (non-hydrogen) atoms. The van der Waals surface area contributed by atoms with Crippen molar-refractivity contribution >= 4 is 12.3 Å². The Morgan fingerprint density at radius 1 is 1.24 bits per heavy atom. The second-order valence-corrected chi connectivity index (χ2v) is 3.59. The van der Waals surface area contributed by atoms with Gasteiger partial charge in [-0.2, -0.15) is 5.10 Å². The van der Waals surface area contributed by atoms with Gasteiger partial charge in [0.2, 0.25) is 0 Å². The summed E-state index contributed by atoms with van der Waals surface area (Å²) in [5.41, 5.74) is 1.67. The van der Waals surface area contributed by atoms with Crippen LogP contribution in [0.25, 0.3) is 11.3 Å². The molecule has 0 aliphatic heterocycles. The lowest BCUT2D eigenvalue weighted by Gasteiger charge is -2.02. The normalized spacial score (nSPS) is 10.7. The molecule has 0 bridgehead atoms. The van der Waals surface area contributed by atoms with E-state index in [1.807, 2.05) is 31.1 Å². The molecule has 0 unspecified atom stereocenters. The van der Waals surface area contributed by atoms with Gasteiger partial charge in [-0.05, 0) is 12.1 Å². The molecule has 0 saturated carbocycles. The molecule has 0 saturated heterocycles. The van der Waals surface area contributed by atoms with Crippen LogP contribution in [0, 0.1) is 0 Å². The second-order valence-electron chi connectivity index (χ2n) is 3.59. The molecule has 0 N–H and O–H groups in total. The van der Waals surface area contributed by atoms with E-state index in [2.05, 4.69) is 25.2 Å². The van der Waals surface area contributed by atoms with Crippen molar-refractivity contribution in [3.63, 3.8) is 0 Å². The van der Waals surface area contributed by atoms with Gasteiger partial charge >= 0.3 is 0 Å². The Balaban J connectivity index is 2.29. The van der Waals surface area contributed by atoms with Crippen LogP contribution in [0.15, 0.2) is 35.7 Å². The number of nitrogens with zero attached hydrogens (tertiary/aromatic N) is 6. The summed E-state index contributed by atoms with van der Waals surface area (Å²) in [7, 11) is 3.76. The monoisotopic (exact) mass is 228 g/mol. The van der Waals surface area contributed by atoms with Gasteiger partial charge in [-0.15, -0.1) is 5.10 Å². The van der Waals surface area contributed by atoms with Crippen molar-refractivity contribution in [1.29, 1.82) is 0 Å². The smallest absolute Gasteiger partial charge is 0.270 e. The van der Waals surface area contributed by atoms with E-state index in [4.69, 9.17) is 0 Å². The largest absolute Gasteiger partial charge is 0.369 e. The Kier molecular flexibility index (Phi) is 3.34. The molecule has 6 nitrogen and oxygen atoms in total. The van der Waals surface area contributed by atoms with Gasteiger partial charge in [-0.25, -0.2) is 9.98 Å². The molecule has 0 fully saturated rings. The maximum Gasteiger partial charge on any atom is 0.270 e. The van der Waals surface area contributed by atoms with Gasteiger partial charge in [-0.3, -0.25) is 4.98 Å². The van der Waals surface area contributed by atoms with Crippen LogP contribution in [0.2, 0.25) is 0 Å². The third-order valence-electron chi connectivity index (χ3n) is 1.93. The van der Waals surface area contributed by atoms with Crippen LogP contribution < -0.4 is 0 Å². The van der Waals surface area contributed by atoms with E-state index in [0.29, 0.717) is 5.95 Å². The van der Waals surface area contributed by atoms with E-state index in [1.165, 1.54) is 0 Å². The molecule has 0 aromatic carbocycles. The van der Waals surface area contributed by atoms with Crippen molar-refractivity contribution in [3.05, 3.63) is 30.7 Å².